The first-order valence-corrected chi connectivity index (χ1v) is 11.4. The van der Waals surface area contributed by atoms with Crippen LogP contribution in [0.15, 0.2) is 78.4 Å². The van der Waals surface area contributed by atoms with Crippen LogP contribution in [0.5, 0.6) is 0 Å². The van der Waals surface area contributed by atoms with Crippen LogP contribution in [-0.2, 0) is 6.42 Å². The molecule has 0 bridgehead atoms. The van der Waals surface area contributed by atoms with Crippen molar-refractivity contribution in [1.82, 2.24) is 19.9 Å². The van der Waals surface area contributed by atoms with Crippen molar-refractivity contribution in [3.05, 3.63) is 89.7 Å². The Morgan fingerprint density at radius 3 is 2.48 bits per heavy atom. The highest BCUT2D eigenvalue weighted by atomic mass is 32.1. The number of aromatic nitrogens is 4. The zero-order valence-corrected chi connectivity index (χ0v) is 18.0. The summed E-state index contributed by atoms with van der Waals surface area (Å²) in [7, 11) is 0. The molecular formula is C23H17N5OS2. The number of carbonyl (C=O) groups is 1. The van der Waals surface area contributed by atoms with E-state index in [0.29, 0.717) is 28.2 Å². The number of carbonyl (C=O) groups excluding carboxylic acids is 1. The van der Waals surface area contributed by atoms with E-state index >= 15 is 0 Å². The van der Waals surface area contributed by atoms with Crippen molar-refractivity contribution in [3.8, 4) is 10.8 Å². The van der Waals surface area contributed by atoms with Crippen molar-refractivity contribution < 1.29 is 4.79 Å². The Hall–Kier alpha value is -3.49. The van der Waals surface area contributed by atoms with Gasteiger partial charge in [0.2, 0.25) is 0 Å². The molecule has 0 aliphatic rings. The van der Waals surface area contributed by atoms with E-state index in [0.717, 1.165) is 22.2 Å². The molecule has 0 unspecified atom stereocenters. The van der Waals surface area contributed by atoms with E-state index in [1.807, 2.05) is 42.5 Å². The number of hydrogen-bond acceptors (Lipinski definition) is 7. The van der Waals surface area contributed by atoms with Gasteiger partial charge < -0.3 is 0 Å². The Morgan fingerprint density at radius 1 is 0.903 bits per heavy atom. The number of rotatable bonds is 6. The van der Waals surface area contributed by atoms with Crippen molar-refractivity contribution in [2.45, 2.75) is 6.42 Å². The number of benzene rings is 2. The molecule has 6 nitrogen and oxygen atoms in total. The van der Waals surface area contributed by atoms with Gasteiger partial charge in [-0.05, 0) is 30.2 Å². The average Bonchev–Trinajstić information content (AvgIpc) is 3.48. The van der Waals surface area contributed by atoms with E-state index in [2.05, 4.69) is 27.1 Å². The molecule has 5 aromatic rings. The molecule has 5 rings (SSSR count). The first-order valence-electron chi connectivity index (χ1n) is 9.72. The summed E-state index contributed by atoms with van der Waals surface area (Å²) in [5, 5.41) is 3.06. The zero-order valence-electron chi connectivity index (χ0n) is 16.4. The SMILES string of the molecule is O=C(c1csc(-c2ncccn2)n1)N(CCc1ccccc1)c1nc2ccccc2s1. The summed E-state index contributed by atoms with van der Waals surface area (Å²) in [6, 6.07) is 19.8. The van der Waals surface area contributed by atoms with E-state index in [9.17, 15) is 4.79 Å². The number of thiazole rings is 2. The van der Waals surface area contributed by atoms with Crippen molar-refractivity contribution in [3.63, 3.8) is 0 Å². The largest absolute Gasteiger partial charge is 0.282 e. The highest BCUT2D eigenvalue weighted by Gasteiger charge is 2.24. The molecule has 31 heavy (non-hydrogen) atoms. The fourth-order valence-corrected chi connectivity index (χ4v) is 4.90. The summed E-state index contributed by atoms with van der Waals surface area (Å²) in [5.74, 6) is 0.343. The lowest BCUT2D eigenvalue weighted by Gasteiger charge is -2.19. The Balaban J connectivity index is 1.47. The van der Waals surface area contributed by atoms with Crippen LogP contribution in [0.25, 0.3) is 21.0 Å². The lowest BCUT2D eigenvalue weighted by atomic mass is 10.1. The van der Waals surface area contributed by atoms with Gasteiger partial charge in [0.05, 0.1) is 10.2 Å². The van der Waals surface area contributed by atoms with Crippen LogP contribution in [0.3, 0.4) is 0 Å². The van der Waals surface area contributed by atoms with Crippen LogP contribution >= 0.6 is 22.7 Å². The minimum Gasteiger partial charge on any atom is -0.282 e. The van der Waals surface area contributed by atoms with Gasteiger partial charge in [-0.1, -0.05) is 53.8 Å². The summed E-state index contributed by atoms with van der Waals surface area (Å²) in [6.45, 7) is 0.511. The highest BCUT2D eigenvalue weighted by Crippen LogP contribution is 2.30. The second-order valence-electron chi connectivity index (χ2n) is 6.77. The third-order valence-corrected chi connectivity index (χ3v) is 6.60. The van der Waals surface area contributed by atoms with Gasteiger partial charge in [-0.2, -0.15) is 0 Å². The van der Waals surface area contributed by atoms with E-state index < -0.39 is 0 Å². The molecule has 0 saturated heterocycles. The molecule has 2 aromatic carbocycles. The molecule has 0 aliphatic heterocycles. The highest BCUT2D eigenvalue weighted by molar-refractivity contribution is 7.22. The minimum absolute atomic E-state index is 0.173. The first-order chi connectivity index (χ1) is 15.3. The number of nitrogens with zero attached hydrogens (tertiary/aromatic N) is 5. The third kappa shape index (κ3) is 4.21. The predicted molar refractivity (Wildman–Crippen MR) is 125 cm³/mol. The smallest absolute Gasteiger partial charge is 0.279 e. The molecule has 3 aromatic heterocycles. The van der Waals surface area contributed by atoms with Crippen LogP contribution in [0.4, 0.5) is 5.13 Å². The molecule has 0 fully saturated rings. The molecule has 152 valence electrons. The Morgan fingerprint density at radius 2 is 1.68 bits per heavy atom. The number of anilines is 1. The second-order valence-corrected chi connectivity index (χ2v) is 8.63. The molecule has 3 heterocycles. The van der Waals surface area contributed by atoms with Crippen molar-refractivity contribution >= 4 is 43.9 Å². The molecule has 0 N–H and O–H groups in total. The molecule has 8 heteroatoms. The summed E-state index contributed by atoms with van der Waals surface area (Å²) < 4.78 is 1.05. The Kier molecular flexibility index (Phi) is 5.47. The number of hydrogen-bond donors (Lipinski definition) is 0. The van der Waals surface area contributed by atoms with Crippen molar-refractivity contribution in [2.24, 2.45) is 0 Å². The maximum Gasteiger partial charge on any atom is 0.279 e. The fourth-order valence-electron chi connectivity index (χ4n) is 3.17. The summed E-state index contributed by atoms with van der Waals surface area (Å²) >= 11 is 2.87. The van der Waals surface area contributed by atoms with Gasteiger partial charge in [0, 0.05) is 24.3 Å². The summed E-state index contributed by atoms with van der Waals surface area (Å²) in [6.07, 6.45) is 4.05. The lowest BCUT2D eigenvalue weighted by Crippen LogP contribution is -2.33. The van der Waals surface area contributed by atoms with Gasteiger partial charge in [-0.15, -0.1) is 11.3 Å². The van der Waals surface area contributed by atoms with Gasteiger partial charge in [0.15, 0.2) is 16.0 Å². The number of para-hydroxylation sites is 1. The van der Waals surface area contributed by atoms with Crippen LogP contribution in [0.1, 0.15) is 16.1 Å². The Labute approximate surface area is 186 Å². The predicted octanol–water partition coefficient (Wildman–Crippen LogP) is 5.10. The van der Waals surface area contributed by atoms with E-state index in [1.165, 1.54) is 22.7 Å². The quantitative estimate of drug-likeness (QED) is 0.365. The Bertz CT molecular complexity index is 1280. The molecule has 0 spiro atoms. The van der Waals surface area contributed by atoms with Gasteiger partial charge in [-0.25, -0.2) is 19.9 Å². The van der Waals surface area contributed by atoms with Gasteiger partial charge in [-0.3, -0.25) is 9.69 Å². The van der Waals surface area contributed by atoms with Crippen LogP contribution in [0.2, 0.25) is 0 Å². The maximum absolute atomic E-state index is 13.5. The zero-order chi connectivity index (χ0) is 21.0. The standard InChI is InChI=1S/C23H17N5OS2/c29-22(18-15-30-21(26-18)20-24-12-6-13-25-20)28(14-11-16-7-2-1-3-8-16)23-27-17-9-4-5-10-19(17)31-23/h1-10,12-13,15H,11,14H2. The van der Waals surface area contributed by atoms with Gasteiger partial charge in [0.1, 0.15) is 5.69 Å². The van der Waals surface area contributed by atoms with E-state index in [4.69, 9.17) is 4.98 Å². The average molecular weight is 444 g/mol. The van der Waals surface area contributed by atoms with Crippen molar-refractivity contribution in [2.75, 3.05) is 11.4 Å². The van der Waals surface area contributed by atoms with Crippen LogP contribution in [0, 0.1) is 0 Å². The molecular weight excluding hydrogens is 426 g/mol. The topological polar surface area (TPSA) is 71.9 Å². The number of fused-ring (bicyclic) bond motifs is 1. The lowest BCUT2D eigenvalue weighted by molar-refractivity contribution is 0.0983. The molecule has 0 saturated carbocycles. The van der Waals surface area contributed by atoms with E-state index in [-0.39, 0.29) is 5.91 Å². The maximum atomic E-state index is 13.5. The fraction of sp³-hybridized carbons (Fsp3) is 0.0870. The number of amides is 1. The van der Waals surface area contributed by atoms with Crippen LogP contribution in [-0.4, -0.2) is 32.4 Å². The first kappa shape index (κ1) is 19.5. The monoisotopic (exact) mass is 443 g/mol. The summed E-state index contributed by atoms with van der Waals surface area (Å²) in [4.78, 5) is 32.9. The minimum atomic E-state index is -0.173. The van der Waals surface area contributed by atoms with Crippen molar-refractivity contribution in [1.29, 1.82) is 0 Å². The second kappa shape index (κ2) is 8.71. The van der Waals surface area contributed by atoms with Gasteiger partial charge >= 0.3 is 0 Å². The van der Waals surface area contributed by atoms with E-state index in [1.54, 1.807) is 28.7 Å². The molecule has 0 atom stereocenters. The molecule has 0 aliphatic carbocycles. The van der Waals surface area contributed by atoms with Crippen LogP contribution < -0.4 is 4.90 Å². The van der Waals surface area contributed by atoms with Gasteiger partial charge in [0.25, 0.3) is 5.91 Å². The summed E-state index contributed by atoms with van der Waals surface area (Å²) in [5.41, 5.74) is 2.43. The molecule has 1 amide bonds. The molecule has 0 radical (unpaired) electrons. The third-order valence-electron chi connectivity index (χ3n) is 4.71. The normalized spacial score (nSPS) is 11.0.